The largest absolute Gasteiger partial charge is 0.456 e. The smallest absolute Gasteiger partial charge is 0.191 e. The highest BCUT2D eigenvalue weighted by Crippen LogP contribution is 2.12. The van der Waals surface area contributed by atoms with Crippen molar-refractivity contribution >= 4 is 31.9 Å². The van der Waals surface area contributed by atoms with Gasteiger partial charge in [0.05, 0.1) is 0 Å². The summed E-state index contributed by atoms with van der Waals surface area (Å²) in [5.41, 5.74) is 0. The van der Waals surface area contributed by atoms with Gasteiger partial charge in [0.2, 0.25) is 0 Å². The lowest BCUT2D eigenvalue weighted by Crippen LogP contribution is -2.39. The van der Waals surface area contributed by atoms with Crippen molar-refractivity contribution in [3.8, 4) is 0 Å². The first-order valence-corrected chi connectivity index (χ1v) is 13.7. The lowest BCUT2D eigenvalue weighted by Gasteiger charge is -2.27. The molecular weight excluding hydrogens is 195 g/mol. The Morgan fingerprint density at radius 2 is 0.917 bits per heavy atom. The quantitative estimate of drug-likeness (QED) is 0.646. The van der Waals surface area contributed by atoms with Gasteiger partial charge in [-0.15, -0.1) is 11.6 Å². The van der Waals surface area contributed by atoms with Crippen LogP contribution in [-0.4, -0.2) is 31.9 Å². The van der Waals surface area contributed by atoms with Crippen molar-refractivity contribution < 1.29 is 4.12 Å². The van der Waals surface area contributed by atoms with E-state index in [1.54, 1.807) is 0 Å². The highest BCUT2D eigenvalue weighted by atomic mass is 28.4. The second-order valence-electron chi connectivity index (χ2n) is 4.90. The first-order chi connectivity index (χ1) is 5.12. The van der Waals surface area contributed by atoms with Crippen LogP contribution in [-0.2, 0) is 4.12 Å². The van der Waals surface area contributed by atoms with Gasteiger partial charge in [-0.1, -0.05) is 0 Å². The Balaban J connectivity index is 0. The van der Waals surface area contributed by atoms with E-state index in [1.165, 1.54) is 0 Å². The van der Waals surface area contributed by atoms with Crippen LogP contribution in [0, 0.1) is 0 Å². The van der Waals surface area contributed by atoms with Crippen LogP contribution in [0.4, 0.5) is 0 Å². The minimum Gasteiger partial charge on any atom is -0.456 e. The van der Waals surface area contributed by atoms with Crippen molar-refractivity contribution in [3.05, 3.63) is 0 Å². The van der Waals surface area contributed by atoms with Gasteiger partial charge >= 0.3 is 0 Å². The van der Waals surface area contributed by atoms with Crippen molar-refractivity contribution in [3.63, 3.8) is 0 Å². The van der Waals surface area contributed by atoms with Gasteiger partial charge in [-0.2, -0.15) is 0 Å². The second-order valence-corrected chi connectivity index (χ2v) is 15.3. The van der Waals surface area contributed by atoms with E-state index in [2.05, 4.69) is 50.9 Å². The van der Waals surface area contributed by atoms with Crippen molar-refractivity contribution in [1.82, 2.24) is 0 Å². The van der Waals surface area contributed by atoms with Gasteiger partial charge in [-0.05, 0) is 39.3 Å². The molecule has 0 aromatic rings. The maximum Gasteiger partial charge on any atom is 0.191 e. The molecule has 0 saturated carbocycles. The molecule has 0 aliphatic carbocycles. The van der Waals surface area contributed by atoms with Crippen LogP contribution in [0.3, 0.4) is 0 Å². The van der Waals surface area contributed by atoms with Crippen LogP contribution in [0.2, 0.25) is 50.9 Å². The zero-order chi connectivity index (χ0) is 10.4. The summed E-state index contributed by atoms with van der Waals surface area (Å²) in [4.78, 5) is 0. The summed E-state index contributed by atoms with van der Waals surface area (Å²) in [6, 6.07) is 0. The normalized spacial score (nSPS) is 11.7. The fourth-order valence-corrected chi connectivity index (χ4v) is 8.27. The molecule has 0 bridgehead atoms. The summed E-state index contributed by atoms with van der Waals surface area (Å²) in [7, 11) is -2.46. The summed E-state index contributed by atoms with van der Waals surface area (Å²) >= 11 is 0.750. The Morgan fingerprint density at radius 1 is 0.750 bits per heavy atom. The van der Waals surface area contributed by atoms with Gasteiger partial charge in [0, 0.05) is 0 Å². The van der Waals surface area contributed by atoms with Crippen LogP contribution < -0.4 is 0 Å². The van der Waals surface area contributed by atoms with Gasteiger partial charge in [0.15, 0.2) is 31.9 Å². The molecule has 0 aliphatic rings. The van der Waals surface area contributed by atoms with E-state index in [4.69, 9.17) is 4.12 Å². The highest BCUT2D eigenvalue weighted by molar-refractivity contribution is 6.83. The third-order valence-corrected chi connectivity index (χ3v) is 5.51. The van der Waals surface area contributed by atoms with Gasteiger partial charge in [-0.3, -0.25) is 0 Å². The van der Waals surface area contributed by atoms with Crippen LogP contribution >= 0.6 is 0 Å². The third kappa shape index (κ3) is 22.4. The molecule has 0 atom stereocenters. The molecular formula is C8H24AlOSi2. The van der Waals surface area contributed by atoms with Crippen molar-refractivity contribution in [2.45, 2.75) is 50.9 Å². The van der Waals surface area contributed by atoms with Crippen molar-refractivity contribution in [2.24, 2.45) is 0 Å². The minimum absolute atomic E-state index is 0.750. The molecule has 0 aliphatic heterocycles. The monoisotopic (exact) mass is 219 g/mol. The van der Waals surface area contributed by atoms with Crippen molar-refractivity contribution in [2.75, 3.05) is 0 Å². The predicted molar refractivity (Wildman–Crippen MR) is 65.3 cm³/mol. The molecule has 1 radical (unpaired) electrons. The fraction of sp³-hybridized carbons (Fsp3) is 1.00. The summed E-state index contributed by atoms with van der Waals surface area (Å²) in [5, 5.41) is 0. The average Bonchev–Trinajstić information content (AvgIpc) is 1.53. The third-order valence-electron chi connectivity index (χ3n) is 0.612. The molecule has 0 aromatic heterocycles. The molecule has 12 heavy (non-hydrogen) atoms. The number of hydrogen-bond donors (Lipinski definition) is 0. The SMILES string of the molecule is C[Si](C)(C)O[Si](C)(C)C.[CH3][Al][CH3]. The average molecular weight is 219 g/mol. The maximum absolute atomic E-state index is 5.90. The Labute approximate surface area is 86.9 Å². The minimum atomic E-state index is -1.23. The lowest BCUT2D eigenvalue weighted by molar-refractivity contribution is 0.559. The summed E-state index contributed by atoms with van der Waals surface area (Å²) in [6.07, 6.45) is 0. The van der Waals surface area contributed by atoms with E-state index >= 15 is 0 Å². The molecule has 0 spiro atoms. The van der Waals surface area contributed by atoms with E-state index in [9.17, 15) is 0 Å². The highest BCUT2D eigenvalue weighted by Gasteiger charge is 2.24. The topological polar surface area (TPSA) is 9.23 Å². The summed E-state index contributed by atoms with van der Waals surface area (Å²) in [6.45, 7) is 13.4. The lowest BCUT2D eigenvalue weighted by atomic mass is 11.8. The van der Waals surface area contributed by atoms with Crippen LogP contribution in [0.5, 0.6) is 0 Å². The van der Waals surface area contributed by atoms with Crippen LogP contribution in [0.1, 0.15) is 0 Å². The number of rotatable bonds is 2. The molecule has 0 saturated heterocycles. The summed E-state index contributed by atoms with van der Waals surface area (Å²) < 4.78 is 5.90. The predicted octanol–water partition coefficient (Wildman–Crippen LogP) is 3.46. The zero-order valence-electron chi connectivity index (χ0n) is 9.99. The Morgan fingerprint density at radius 3 is 0.917 bits per heavy atom. The van der Waals surface area contributed by atoms with E-state index in [0.29, 0.717) is 0 Å². The molecule has 4 heteroatoms. The first kappa shape index (κ1) is 15.4. The molecule has 0 fully saturated rings. The Kier molecular flexibility index (Phi) is 8.20. The van der Waals surface area contributed by atoms with Crippen LogP contribution in [0.15, 0.2) is 0 Å². The standard InChI is InChI=1S/C6H18OSi2.2CH3.Al/c1-8(2,3)7-9(4,5)6;;;/h1-6H3;2*1H3;. The first-order valence-electron chi connectivity index (χ1n) is 4.56. The summed E-state index contributed by atoms with van der Waals surface area (Å²) in [5.74, 6) is 4.42. The van der Waals surface area contributed by atoms with Gasteiger partial charge in [-0.25, -0.2) is 0 Å². The van der Waals surface area contributed by atoms with E-state index in [1.807, 2.05) is 0 Å². The zero-order valence-corrected chi connectivity index (χ0v) is 13.1. The molecule has 1 nitrogen and oxygen atoms in total. The van der Waals surface area contributed by atoms with Crippen LogP contribution in [0.25, 0.3) is 0 Å². The van der Waals surface area contributed by atoms with Gasteiger partial charge in [0.25, 0.3) is 0 Å². The molecule has 0 amide bonds. The fourth-order valence-electron chi connectivity index (χ4n) is 0.919. The van der Waals surface area contributed by atoms with E-state index in [-0.39, 0.29) is 0 Å². The van der Waals surface area contributed by atoms with Crippen molar-refractivity contribution in [1.29, 1.82) is 0 Å². The van der Waals surface area contributed by atoms with E-state index < -0.39 is 16.6 Å². The Hall–Kier alpha value is 0.926. The van der Waals surface area contributed by atoms with Gasteiger partial charge < -0.3 is 4.12 Å². The maximum atomic E-state index is 5.90. The molecule has 73 valence electrons. The molecule has 0 N–H and O–H groups in total. The molecule has 0 heterocycles. The van der Waals surface area contributed by atoms with Gasteiger partial charge in [0.1, 0.15) is 0 Å². The molecule has 0 rings (SSSR count). The number of hydrogen-bond acceptors (Lipinski definition) is 1. The van der Waals surface area contributed by atoms with E-state index in [0.717, 1.165) is 15.2 Å². The molecule has 0 unspecified atom stereocenters. The Bertz CT molecular complexity index is 92.6. The second kappa shape index (κ2) is 6.39. The molecule has 0 aromatic carbocycles.